The molecule has 8 heteroatoms. The lowest BCUT2D eigenvalue weighted by Gasteiger charge is -2.34. The summed E-state index contributed by atoms with van der Waals surface area (Å²) in [5, 5.41) is 9.97. The van der Waals surface area contributed by atoms with Crippen molar-refractivity contribution in [1.29, 1.82) is 0 Å². The number of carbonyl (C=O) groups excluding carboxylic acids is 1. The predicted octanol–water partition coefficient (Wildman–Crippen LogP) is 5.03. The molecule has 1 saturated carbocycles. The van der Waals surface area contributed by atoms with E-state index in [2.05, 4.69) is 35.6 Å². The quantitative estimate of drug-likeness (QED) is 0.631. The molecule has 6 nitrogen and oxygen atoms in total. The molecule has 0 radical (unpaired) electrons. The fraction of sp³-hybridized carbons (Fsp3) is 0.560. The molecule has 0 spiro atoms. The van der Waals surface area contributed by atoms with Gasteiger partial charge in [-0.05, 0) is 56.7 Å². The molecular weight excluding hydrogens is 443 g/mol. The second kappa shape index (κ2) is 10.8. The van der Waals surface area contributed by atoms with Crippen LogP contribution >= 0.6 is 11.6 Å². The number of aromatic nitrogens is 2. The summed E-state index contributed by atoms with van der Waals surface area (Å²) in [5.41, 5.74) is 7.44. The van der Waals surface area contributed by atoms with Crippen LogP contribution in [0, 0.1) is 5.82 Å². The molecule has 1 aromatic heterocycles. The van der Waals surface area contributed by atoms with Crippen LogP contribution in [-0.4, -0.2) is 34.1 Å². The summed E-state index contributed by atoms with van der Waals surface area (Å²) in [4.78, 5) is 22.6. The summed E-state index contributed by atoms with van der Waals surface area (Å²) >= 11 is 5.65. The monoisotopic (exact) mass is 476 g/mol. The Bertz CT molecular complexity index is 977. The Morgan fingerprint density at radius 2 is 1.91 bits per heavy atom. The molecule has 1 aromatic carbocycles. The van der Waals surface area contributed by atoms with E-state index in [4.69, 9.17) is 17.3 Å². The Labute approximate surface area is 200 Å². The minimum Gasteiger partial charge on any atom is -0.387 e. The molecule has 33 heavy (non-hydrogen) atoms. The summed E-state index contributed by atoms with van der Waals surface area (Å²) in [6.45, 7) is 8.24. The lowest BCUT2D eigenvalue weighted by molar-refractivity contribution is -0.124. The van der Waals surface area contributed by atoms with Gasteiger partial charge in [0.25, 0.3) is 0 Å². The molecule has 2 aliphatic carbocycles. The van der Waals surface area contributed by atoms with Crippen LogP contribution in [-0.2, 0) is 10.2 Å². The SMILES string of the molecule is CCN(CC)c1ncnc2c1[C@H](C)C[C@H]2O.NC(=O)C1(c2ccc(Cl)c(F)c2)CCCCC1. The van der Waals surface area contributed by atoms with E-state index in [1.54, 1.807) is 12.4 Å². The van der Waals surface area contributed by atoms with Crippen LogP contribution < -0.4 is 10.6 Å². The van der Waals surface area contributed by atoms with Gasteiger partial charge in [-0.3, -0.25) is 4.79 Å². The summed E-state index contributed by atoms with van der Waals surface area (Å²) in [6, 6.07) is 4.55. The molecule has 0 aliphatic heterocycles. The number of halogens is 2. The number of fused-ring (bicyclic) bond motifs is 1. The van der Waals surface area contributed by atoms with Crippen molar-refractivity contribution in [3.63, 3.8) is 0 Å². The maximum atomic E-state index is 13.5. The molecule has 1 fully saturated rings. The zero-order valence-corrected chi connectivity index (χ0v) is 20.4. The van der Waals surface area contributed by atoms with E-state index in [0.29, 0.717) is 24.3 Å². The van der Waals surface area contributed by atoms with Gasteiger partial charge in [-0.25, -0.2) is 14.4 Å². The van der Waals surface area contributed by atoms with Crippen molar-refractivity contribution in [3.05, 3.63) is 52.2 Å². The average Bonchev–Trinajstić information content (AvgIpc) is 3.11. The number of amides is 1. The van der Waals surface area contributed by atoms with Gasteiger partial charge in [0.2, 0.25) is 5.91 Å². The Balaban J connectivity index is 0.000000186. The Morgan fingerprint density at radius 1 is 1.24 bits per heavy atom. The number of hydrogen-bond acceptors (Lipinski definition) is 5. The predicted molar refractivity (Wildman–Crippen MR) is 129 cm³/mol. The number of aliphatic hydroxyl groups is 1. The van der Waals surface area contributed by atoms with Crippen molar-refractivity contribution in [2.24, 2.45) is 5.73 Å². The number of primary amides is 1. The molecule has 180 valence electrons. The second-order valence-electron chi connectivity index (χ2n) is 8.96. The number of anilines is 1. The average molecular weight is 477 g/mol. The van der Waals surface area contributed by atoms with E-state index < -0.39 is 17.3 Å². The van der Waals surface area contributed by atoms with Crippen LogP contribution in [0.1, 0.15) is 88.1 Å². The molecule has 2 atom stereocenters. The molecule has 4 rings (SSSR count). The second-order valence-corrected chi connectivity index (χ2v) is 9.36. The third-order valence-electron chi connectivity index (χ3n) is 6.99. The highest BCUT2D eigenvalue weighted by Crippen LogP contribution is 2.42. The minimum atomic E-state index is -0.705. The van der Waals surface area contributed by atoms with Crippen molar-refractivity contribution in [2.75, 3.05) is 18.0 Å². The maximum absolute atomic E-state index is 13.5. The first-order valence-electron chi connectivity index (χ1n) is 11.8. The van der Waals surface area contributed by atoms with Crippen molar-refractivity contribution >= 4 is 23.3 Å². The van der Waals surface area contributed by atoms with E-state index in [-0.39, 0.29) is 10.9 Å². The van der Waals surface area contributed by atoms with E-state index >= 15 is 0 Å². The van der Waals surface area contributed by atoms with Gasteiger partial charge < -0.3 is 15.7 Å². The number of aliphatic hydroxyl groups excluding tert-OH is 1. The van der Waals surface area contributed by atoms with Gasteiger partial charge in [-0.1, -0.05) is 43.9 Å². The highest BCUT2D eigenvalue weighted by atomic mass is 35.5. The molecule has 0 bridgehead atoms. The Kier molecular flexibility index (Phi) is 8.29. The van der Waals surface area contributed by atoms with Gasteiger partial charge in [0, 0.05) is 18.7 Å². The zero-order chi connectivity index (χ0) is 24.2. The van der Waals surface area contributed by atoms with Gasteiger partial charge in [-0.2, -0.15) is 0 Å². The Hall–Kier alpha value is -2.25. The number of hydrogen-bond donors (Lipinski definition) is 2. The van der Waals surface area contributed by atoms with E-state index in [9.17, 15) is 14.3 Å². The highest BCUT2D eigenvalue weighted by molar-refractivity contribution is 6.30. The van der Waals surface area contributed by atoms with Crippen LogP contribution in [0.4, 0.5) is 10.2 Å². The lowest BCUT2D eigenvalue weighted by atomic mass is 9.69. The van der Waals surface area contributed by atoms with E-state index in [1.165, 1.54) is 12.1 Å². The first kappa shape index (κ1) is 25.4. The summed E-state index contributed by atoms with van der Waals surface area (Å²) in [5.74, 6) is 0.495. The number of benzene rings is 1. The molecular formula is C25H34ClFN4O2. The molecule has 1 amide bonds. The van der Waals surface area contributed by atoms with Crippen LogP contribution in [0.3, 0.4) is 0 Å². The normalized spacial score (nSPS) is 21.0. The van der Waals surface area contributed by atoms with Gasteiger partial charge in [-0.15, -0.1) is 0 Å². The zero-order valence-electron chi connectivity index (χ0n) is 19.7. The summed E-state index contributed by atoms with van der Waals surface area (Å²) in [6.07, 6.45) is 6.32. The largest absolute Gasteiger partial charge is 0.387 e. The smallest absolute Gasteiger partial charge is 0.228 e. The fourth-order valence-corrected chi connectivity index (χ4v) is 5.22. The molecule has 0 unspecified atom stereocenters. The van der Waals surface area contributed by atoms with Crippen molar-refractivity contribution < 1.29 is 14.3 Å². The molecule has 2 aliphatic rings. The number of rotatable bonds is 5. The third kappa shape index (κ3) is 5.14. The van der Waals surface area contributed by atoms with Crippen molar-refractivity contribution in [3.8, 4) is 0 Å². The van der Waals surface area contributed by atoms with Crippen LogP contribution in [0.5, 0.6) is 0 Å². The summed E-state index contributed by atoms with van der Waals surface area (Å²) in [7, 11) is 0. The van der Waals surface area contributed by atoms with Gasteiger partial charge in [0.15, 0.2) is 0 Å². The molecule has 0 saturated heterocycles. The fourth-order valence-electron chi connectivity index (χ4n) is 5.10. The van der Waals surface area contributed by atoms with Crippen LogP contribution in [0.2, 0.25) is 5.02 Å². The molecule has 1 heterocycles. The number of nitrogens with zero attached hydrogens (tertiary/aromatic N) is 3. The minimum absolute atomic E-state index is 0.0733. The van der Waals surface area contributed by atoms with Crippen LogP contribution in [0.25, 0.3) is 0 Å². The highest BCUT2D eigenvalue weighted by Gasteiger charge is 2.39. The van der Waals surface area contributed by atoms with Gasteiger partial charge in [0.05, 0.1) is 22.2 Å². The van der Waals surface area contributed by atoms with Crippen molar-refractivity contribution in [1.82, 2.24) is 9.97 Å². The third-order valence-corrected chi connectivity index (χ3v) is 7.30. The van der Waals surface area contributed by atoms with E-state index in [1.807, 2.05) is 0 Å². The number of nitrogens with two attached hydrogens (primary N) is 1. The molecule has 3 N–H and O–H groups in total. The maximum Gasteiger partial charge on any atom is 0.228 e. The van der Waals surface area contributed by atoms with Gasteiger partial charge >= 0.3 is 0 Å². The van der Waals surface area contributed by atoms with E-state index in [0.717, 1.165) is 55.8 Å². The standard InChI is InChI=1S/C13H15ClFNO.C12H19N3O/c14-10-5-4-9(8-11(10)15)13(12(16)17)6-2-1-3-7-13;1-4-15(5-2)12-10-8(3)6-9(16)11(10)13-7-14-12/h4-5,8H,1-3,6-7H2,(H2,16,17);7-9,16H,4-6H2,1-3H3/t;8-,9-/m.1/s1. The summed E-state index contributed by atoms with van der Waals surface area (Å²) < 4.78 is 13.5. The first-order valence-corrected chi connectivity index (χ1v) is 12.2. The lowest BCUT2D eigenvalue weighted by Crippen LogP contribution is -2.42. The first-order chi connectivity index (χ1) is 15.7. The molecule has 2 aromatic rings. The van der Waals surface area contributed by atoms with Crippen LogP contribution in [0.15, 0.2) is 24.5 Å². The Morgan fingerprint density at radius 3 is 2.48 bits per heavy atom. The van der Waals surface area contributed by atoms with Gasteiger partial charge in [0.1, 0.15) is 18.0 Å². The number of carbonyl (C=O) groups is 1. The topological polar surface area (TPSA) is 92.3 Å². The van der Waals surface area contributed by atoms with Crippen molar-refractivity contribution in [2.45, 2.75) is 76.7 Å².